The van der Waals surface area contributed by atoms with E-state index in [2.05, 4.69) is 20.9 Å². The van der Waals surface area contributed by atoms with Gasteiger partial charge in [0.2, 0.25) is 0 Å². The van der Waals surface area contributed by atoms with E-state index in [1.807, 2.05) is 0 Å². The van der Waals surface area contributed by atoms with Crippen LogP contribution >= 0.6 is 0 Å². The standard InChI is InChI=1S/C7H10O5S/c1-7(8)11-5-3-4-6-12-13(2,9)10/h4,6H2,1-2H3. The van der Waals surface area contributed by atoms with Crippen molar-refractivity contribution in [1.29, 1.82) is 0 Å². The third-order valence-electron chi connectivity index (χ3n) is 0.791. The first-order valence-corrected chi connectivity index (χ1v) is 5.23. The summed E-state index contributed by atoms with van der Waals surface area (Å²) >= 11 is 0. The molecule has 0 aliphatic carbocycles. The molecular formula is C7H10O5S. The highest BCUT2D eigenvalue weighted by Gasteiger charge is 1.98. The van der Waals surface area contributed by atoms with E-state index < -0.39 is 16.1 Å². The second-order valence-corrected chi connectivity index (χ2v) is 3.79. The van der Waals surface area contributed by atoms with Gasteiger partial charge >= 0.3 is 5.97 Å². The lowest BCUT2D eigenvalue weighted by Gasteiger charge is -1.94. The Balaban J connectivity index is 3.55. The lowest BCUT2D eigenvalue weighted by molar-refractivity contribution is -0.134. The van der Waals surface area contributed by atoms with Gasteiger partial charge in [-0.05, 0) is 0 Å². The normalized spacial score (nSPS) is 10.0. The van der Waals surface area contributed by atoms with E-state index in [0.29, 0.717) is 0 Å². The molecule has 0 aromatic heterocycles. The first-order valence-electron chi connectivity index (χ1n) is 3.41. The van der Waals surface area contributed by atoms with Gasteiger partial charge in [0.15, 0.2) is 0 Å². The van der Waals surface area contributed by atoms with Crippen molar-refractivity contribution in [2.24, 2.45) is 0 Å². The first kappa shape index (κ1) is 11.9. The van der Waals surface area contributed by atoms with Crippen molar-refractivity contribution >= 4 is 16.1 Å². The van der Waals surface area contributed by atoms with E-state index in [9.17, 15) is 13.2 Å². The van der Waals surface area contributed by atoms with Crippen molar-refractivity contribution < 1.29 is 22.1 Å². The summed E-state index contributed by atoms with van der Waals surface area (Å²) in [6.45, 7) is 1.19. The molecule has 0 spiro atoms. The fourth-order valence-electron chi connectivity index (χ4n) is 0.403. The van der Waals surface area contributed by atoms with E-state index in [1.54, 1.807) is 0 Å². The molecule has 0 atom stereocenters. The maximum atomic E-state index is 10.4. The lowest BCUT2D eigenvalue weighted by Crippen LogP contribution is -2.03. The predicted molar refractivity (Wildman–Crippen MR) is 45.0 cm³/mol. The van der Waals surface area contributed by atoms with Crippen LogP contribution in [0.1, 0.15) is 13.3 Å². The Morgan fingerprint density at radius 3 is 2.54 bits per heavy atom. The largest absolute Gasteiger partial charge is 0.372 e. The van der Waals surface area contributed by atoms with Gasteiger partial charge in [-0.2, -0.15) is 8.42 Å². The molecule has 0 aliphatic rings. The molecule has 0 aromatic carbocycles. The van der Waals surface area contributed by atoms with Crippen molar-refractivity contribution in [2.45, 2.75) is 13.3 Å². The number of esters is 1. The zero-order chi connectivity index (χ0) is 10.3. The van der Waals surface area contributed by atoms with Gasteiger partial charge in [-0.3, -0.25) is 8.98 Å². The van der Waals surface area contributed by atoms with E-state index in [-0.39, 0.29) is 13.0 Å². The highest BCUT2D eigenvalue weighted by atomic mass is 32.2. The molecule has 0 heterocycles. The van der Waals surface area contributed by atoms with Crippen LogP contribution in [0.4, 0.5) is 0 Å². The van der Waals surface area contributed by atoms with Crippen molar-refractivity contribution in [2.75, 3.05) is 12.9 Å². The molecule has 0 fully saturated rings. The number of hydrogen-bond donors (Lipinski definition) is 0. The monoisotopic (exact) mass is 206 g/mol. The quantitative estimate of drug-likeness (QED) is 0.278. The van der Waals surface area contributed by atoms with Crippen LogP contribution in [0.3, 0.4) is 0 Å². The Hall–Kier alpha value is -1.06. The van der Waals surface area contributed by atoms with E-state index >= 15 is 0 Å². The van der Waals surface area contributed by atoms with Crippen molar-refractivity contribution in [3.63, 3.8) is 0 Å². The van der Waals surface area contributed by atoms with Crippen molar-refractivity contribution in [1.82, 2.24) is 0 Å². The van der Waals surface area contributed by atoms with Gasteiger partial charge in [-0.1, -0.05) is 5.92 Å². The smallest absolute Gasteiger partial charge is 0.316 e. The fourth-order valence-corrected chi connectivity index (χ4v) is 0.789. The molecule has 74 valence electrons. The molecule has 6 heteroatoms. The maximum absolute atomic E-state index is 10.4. The fraction of sp³-hybridized carbons (Fsp3) is 0.571. The Morgan fingerprint density at radius 2 is 2.08 bits per heavy atom. The molecular weight excluding hydrogens is 196 g/mol. The first-order chi connectivity index (χ1) is 5.92. The van der Waals surface area contributed by atoms with Crippen molar-refractivity contribution in [3.05, 3.63) is 0 Å². The molecule has 0 saturated carbocycles. The molecule has 0 N–H and O–H groups in total. The summed E-state index contributed by atoms with van der Waals surface area (Å²) in [5, 5.41) is 0. The van der Waals surface area contributed by atoms with E-state index in [4.69, 9.17) is 0 Å². The average molecular weight is 206 g/mol. The van der Waals surface area contributed by atoms with Gasteiger partial charge in [-0.25, -0.2) is 0 Å². The molecule has 0 rings (SSSR count). The van der Waals surface area contributed by atoms with Gasteiger partial charge in [0.25, 0.3) is 10.1 Å². The van der Waals surface area contributed by atoms with Crippen LogP contribution in [0, 0.1) is 12.0 Å². The van der Waals surface area contributed by atoms with Gasteiger partial charge in [0.1, 0.15) is 6.11 Å². The molecule has 0 radical (unpaired) electrons. The molecule has 0 saturated heterocycles. The summed E-state index contributed by atoms with van der Waals surface area (Å²) in [6, 6.07) is 0. The van der Waals surface area contributed by atoms with Crippen LogP contribution in [0.15, 0.2) is 0 Å². The molecule has 5 nitrogen and oxygen atoms in total. The average Bonchev–Trinajstić information content (AvgIpc) is 1.93. The molecule has 13 heavy (non-hydrogen) atoms. The lowest BCUT2D eigenvalue weighted by atomic mass is 10.5. The number of rotatable bonds is 3. The molecule has 0 unspecified atom stereocenters. The predicted octanol–water partition coefficient (Wildman–Crippen LogP) is -0.123. The van der Waals surface area contributed by atoms with Crippen LogP contribution in [0.2, 0.25) is 0 Å². The second-order valence-electron chi connectivity index (χ2n) is 2.15. The Bertz CT molecular complexity index is 319. The highest BCUT2D eigenvalue weighted by Crippen LogP contribution is 1.88. The summed E-state index contributed by atoms with van der Waals surface area (Å²) in [5.74, 6) is 1.90. The maximum Gasteiger partial charge on any atom is 0.316 e. The second kappa shape index (κ2) is 5.56. The van der Waals surface area contributed by atoms with Crippen LogP contribution < -0.4 is 0 Å². The number of carbonyl (C=O) groups excluding carboxylic acids is 1. The third kappa shape index (κ3) is 10.9. The summed E-state index contributed by atoms with van der Waals surface area (Å²) in [7, 11) is -3.40. The zero-order valence-corrected chi connectivity index (χ0v) is 8.18. The summed E-state index contributed by atoms with van der Waals surface area (Å²) in [4.78, 5) is 10.2. The molecule has 0 bridgehead atoms. The molecule has 0 amide bonds. The van der Waals surface area contributed by atoms with Gasteiger partial charge < -0.3 is 4.74 Å². The Kier molecular flexibility index (Phi) is 5.11. The molecule has 0 aliphatic heterocycles. The van der Waals surface area contributed by atoms with Crippen LogP contribution in [0.25, 0.3) is 0 Å². The molecule has 0 aromatic rings. The number of ether oxygens (including phenoxy) is 1. The summed E-state index contributed by atoms with van der Waals surface area (Å²) < 4.78 is 29.5. The van der Waals surface area contributed by atoms with E-state index in [1.165, 1.54) is 6.92 Å². The Morgan fingerprint density at radius 1 is 1.46 bits per heavy atom. The highest BCUT2D eigenvalue weighted by molar-refractivity contribution is 7.85. The van der Waals surface area contributed by atoms with Crippen LogP contribution in [-0.2, 0) is 23.8 Å². The number of hydrogen-bond acceptors (Lipinski definition) is 5. The van der Waals surface area contributed by atoms with Crippen LogP contribution in [0.5, 0.6) is 0 Å². The summed E-state index contributed by atoms with van der Waals surface area (Å²) in [6.07, 6.45) is 3.24. The van der Waals surface area contributed by atoms with Crippen molar-refractivity contribution in [3.8, 4) is 12.0 Å². The van der Waals surface area contributed by atoms with Crippen LogP contribution in [-0.4, -0.2) is 27.2 Å². The van der Waals surface area contributed by atoms with Gasteiger partial charge in [-0.15, -0.1) is 0 Å². The Labute approximate surface area is 77.2 Å². The topological polar surface area (TPSA) is 69.7 Å². The summed E-state index contributed by atoms with van der Waals surface area (Å²) in [5.41, 5.74) is 0. The van der Waals surface area contributed by atoms with Gasteiger partial charge in [0.05, 0.1) is 12.9 Å². The SMILES string of the molecule is CC(=O)OC#CCCOS(C)(=O)=O. The van der Waals surface area contributed by atoms with Gasteiger partial charge in [0, 0.05) is 13.3 Å². The zero-order valence-electron chi connectivity index (χ0n) is 7.36. The minimum atomic E-state index is -3.40. The minimum Gasteiger partial charge on any atom is -0.372 e. The number of carbonyl (C=O) groups is 1. The third-order valence-corrected chi connectivity index (χ3v) is 1.39. The minimum absolute atomic E-state index is 0.0346. The van der Waals surface area contributed by atoms with E-state index in [0.717, 1.165) is 6.26 Å².